The SMILES string of the molecule is C=CC=C(N=C)N1CCNCC1. The molecule has 66 valence electrons. The van der Waals surface area contributed by atoms with E-state index < -0.39 is 0 Å². The summed E-state index contributed by atoms with van der Waals surface area (Å²) >= 11 is 0. The third-order valence-corrected chi connectivity index (χ3v) is 1.87. The van der Waals surface area contributed by atoms with E-state index in [2.05, 4.69) is 28.5 Å². The van der Waals surface area contributed by atoms with Crippen LogP contribution in [0.3, 0.4) is 0 Å². The summed E-state index contributed by atoms with van der Waals surface area (Å²) in [5, 5.41) is 3.28. The minimum Gasteiger partial charge on any atom is -0.354 e. The first-order valence-electron chi connectivity index (χ1n) is 4.13. The van der Waals surface area contributed by atoms with Crippen LogP contribution < -0.4 is 5.32 Å². The second-order valence-corrected chi connectivity index (χ2v) is 2.66. The molecule has 0 atom stereocenters. The van der Waals surface area contributed by atoms with Gasteiger partial charge in [0.05, 0.1) is 0 Å². The number of nitrogens with zero attached hydrogens (tertiary/aromatic N) is 2. The van der Waals surface area contributed by atoms with Gasteiger partial charge in [-0.1, -0.05) is 12.7 Å². The van der Waals surface area contributed by atoms with Gasteiger partial charge in [0.15, 0.2) is 0 Å². The van der Waals surface area contributed by atoms with E-state index in [4.69, 9.17) is 0 Å². The molecule has 1 N–H and O–H groups in total. The quantitative estimate of drug-likeness (QED) is 0.490. The van der Waals surface area contributed by atoms with Gasteiger partial charge in [-0.15, -0.1) is 0 Å². The molecule has 1 aliphatic rings. The lowest BCUT2D eigenvalue weighted by Crippen LogP contribution is -2.42. The van der Waals surface area contributed by atoms with Crippen molar-refractivity contribution in [3.63, 3.8) is 0 Å². The van der Waals surface area contributed by atoms with E-state index in [1.165, 1.54) is 0 Å². The largest absolute Gasteiger partial charge is 0.354 e. The van der Waals surface area contributed by atoms with Gasteiger partial charge in [-0.05, 0) is 12.8 Å². The number of aliphatic imine (C=N–C) groups is 1. The molecule has 1 rings (SSSR count). The molecule has 0 bridgehead atoms. The van der Waals surface area contributed by atoms with Gasteiger partial charge < -0.3 is 10.2 Å². The van der Waals surface area contributed by atoms with E-state index in [1.807, 2.05) is 6.08 Å². The van der Waals surface area contributed by atoms with E-state index in [-0.39, 0.29) is 0 Å². The Hall–Kier alpha value is -1.09. The van der Waals surface area contributed by atoms with Crippen LogP contribution in [0.4, 0.5) is 0 Å². The monoisotopic (exact) mass is 165 g/mol. The Morgan fingerprint density at radius 1 is 1.42 bits per heavy atom. The predicted molar refractivity (Wildman–Crippen MR) is 52.3 cm³/mol. The van der Waals surface area contributed by atoms with Crippen molar-refractivity contribution < 1.29 is 0 Å². The normalized spacial score (nSPS) is 19.0. The number of nitrogens with one attached hydrogen (secondary N) is 1. The highest BCUT2D eigenvalue weighted by molar-refractivity contribution is 5.29. The van der Waals surface area contributed by atoms with Gasteiger partial charge in [-0.3, -0.25) is 0 Å². The van der Waals surface area contributed by atoms with Crippen molar-refractivity contribution in [3.05, 3.63) is 24.6 Å². The lowest BCUT2D eigenvalue weighted by molar-refractivity contribution is 0.297. The van der Waals surface area contributed by atoms with E-state index in [0.29, 0.717) is 0 Å². The topological polar surface area (TPSA) is 27.6 Å². The molecule has 0 unspecified atom stereocenters. The molecule has 0 aromatic rings. The zero-order valence-corrected chi connectivity index (χ0v) is 7.29. The van der Waals surface area contributed by atoms with Crippen LogP contribution in [-0.2, 0) is 0 Å². The maximum Gasteiger partial charge on any atom is 0.127 e. The molecule has 1 saturated heterocycles. The average Bonchev–Trinajstić information content (AvgIpc) is 2.15. The second kappa shape index (κ2) is 4.72. The third-order valence-electron chi connectivity index (χ3n) is 1.87. The molecule has 0 aromatic heterocycles. The first-order chi connectivity index (χ1) is 5.88. The molecule has 0 spiro atoms. The summed E-state index contributed by atoms with van der Waals surface area (Å²) in [6, 6.07) is 0. The molecule has 1 aliphatic heterocycles. The molecular formula is C9H15N3. The molecule has 0 saturated carbocycles. The predicted octanol–water partition coefficient (Wildman–Crippen LogP) is 0.620. The van der Waals surface area contributed by atoms with E-state index >= 15 is 0 Å². The highest BCUT2D eigenvalue weighted by Gasteiger charge is 2.10. The Kier molecular flexibility index (Phi) is 3.54. The Bertz CT molecular complexity index is 190. The summed E-state index contributed by atoms with van der Waals surface area (Å²) < 4.78 is 0. The van der Waals surface area contributed by atoms with Gasteiger partial charge >= 0.3 is 0 Å². The van der Waals surface area contributed by atoms with Crippen molar-refractivity contribution >= 4 is 6.72 Å². The van der Waals surface area contributed by atoms with Crippen molar-refractivity contribution in [1.82, 2.24) is 10.2 Å². The van der Waals surface area contributed by atoms with Crippen molar-refractivity contribution in [3.8, 4) is 0 Å². The summed E-state index contributed by atoms with van der Waals surface area (Å²) in [6.07, 6.45) is 3.63. The van der Waals surface area contributed by atoms with Crippen LogP contribution in [0.5, 0.6) is 0 Å². The number of hydrogen-bond acceptors (Lipinski definition) is 3. The zero-order valence-electron chi connectivity index (χ0n) is 7.29. The molecular weight excluding hydrogens is 150 g/mol. The lowest BCUT2D eigenvalue weighted by Gasteiger charge is -2.28. The van der Waals surface area contributed by atoms with Crippen LogP contribution in [0.15, 0.2) is 29.5 Å². The van der Waals surface area contributed by atoms with Crippen LogP contribution in [0.1, 0.15) is 0 Å². The van der Waals surface area contributed by atoms with Crippen LogP contribution in [-0.4, -0.2) is 37.8 Å². The number of rotatable bonds is 3. The number of hydrogen-bond donors (Lipinski definition) is 1. The van der Waals surface area contributed by atoms with Crippen molar-refractivity contribution in [1.29, 1.82) is 0 Å². The molecule has 0 amide bonds. The van der Waals surface area contributed by atoms with E-state index in [9.17, 15) is 0 Å². The average molecular weight is 165 g/mol. The first-order valence-corrected chi connectivity index (χ1v) is 4.13. The summed E-state index contributed by atoms with van der Waals surface area (Å²) in [7, 11) is 0. The van der Waals surface area contributed by atoms with E-state index in [0.717, 1.165) is 32.0 Å². The van der Waals surface area contributed by atoms with Crippen LogP contribution in [0.2, 0.25) is 0 Å². The van der Waals surface area contributed by atoms with Crippen molar-refractivity contribution in [2.24, 2.45) is 4.99 Å². The van der Waals surface area contributed by atoms with Crippen molar-refractivity contribution in [2.75, 3.05) is 26.2 Å². The summed E-state index contributed by atoms with van der Waals surface area (Å²) in [4.78, 5) is 6.14. The standard InChI is InChI=1S/C9H15N3/c1-3-4-9(10-2)12-7-5-11-6-8-12/h3-4,11H,1-2,5-8H2. The first kappa shape index (κ1) is 9.00. The molecule has 12 heavy (non-hydrogen) atoms. The van der Waals surface area contributed by atoms with Gasteiger partial charge in [0, 0.05) is 26.2 Å². The smallest absolute Gasteiger partial charge is 0.127 e. The van der Waals surface area contributed by atoms with Crippen LogP contribution in [0, 0.1) is 0 Å². The van der Waals surface area contributed by atoms with Crippen LogP contribution in [0.25, 0.3) is 0 Å². The van der Waals surface area contributed by atoms with Gasteiger partial charge in [-0.25, -0.2) is 4.99 Å². The minimum absolute atomic E-state index is 0.923. The molecule has 3 heteroatoms. The fourth-order valence-electron chi connectivity index (χ4n) is 1.26. The molecule has 1 fully saturated rings. The van der Waals surface area contributed by atoms with Gasteiger partial charge in [-0.2, -0.15) is 0 Å². The third kappa shape index (κ3) is 2.20. The Labute approximate surface area is 73.5 Å². The highest BCUT2D eigenvalue weighted by atomic mass is 15.2. The maximum absolute atomic E-state index is 3.94. The fraction of sp³-hybridized carbons (Fsp3) is 0.444. The molecule has 0 aliphatic carbocycles. The Morgan fingerprint density at radius 2 is 2.08 bits per heavy atom. The number of allylic oxidation sites excluding steroid dienone is 2. The Morgan fingerprint density at radius 3 is 2.58 bits per heavy atom. The second-order valence-electron chi connectivity index (χ2n) is 2.66. The zero-order chi connectivity index (χ0) is 8.81. The molecule has 0 radical (unpaired) electrons. The van der Waals surface area contributed by atoms with E-state index in [1.54, 1.807) is 6.08 Å². The maximum atomic E-state index is 3.94. The molecule has 3 nitrogen and oxygen atoms in total. The lowest BCUT2D eigenvalue weighted by atomic mass is 10.3. The molecule has 0 aromatic carbocycles. The van der Waals surface area contributed by atoms with Gasteiger partial charge in [0.2, 0.25) is 0 Å². The summed E-state index contributed by atoms with van der Waals surface area (Å²) in [5.74, 6) is 0.923. The van der Waals surface area contributed by atoms with Gasteiger partial charge in [0.25, 0.3) is 0 Å². The number of piperazine rings is 1. The fourth-order valence-corrected chi connectivity index (χ4v) is 1.26. The summed E-state index contributed by atoms with van der Waals surface area (Å²) in [6.45, 7) is 11.2. The van der Waals surface area contributed by atoms with Crippen LogP contribution >= 0.6 is 0 Å². The highest BCUT2D eigenvalue weighted by Crippen LogP contribution is 2.05. The Balaban J connectivity index is 2.57. The van der Waals surface area contributed by atoms with Crippen molar-refractivity contribution in [2.45, 2.75) is 0 Å². The molecule has 1 heterocycles. The van der Waals surface area contributed by atoms with Gasteiger partial charge in [0.1, 0.15) is 5.82 Å². The summed E-state index contributed by atoms with van der Waals surface area (Å²) in [5.41, 5.74) is 0. The minimum atomic E-state index is 0.923.